The van der Waals surface area contributed by atoms with E-state index in [1.54, 1.807) is 12.1 Å². The fourth-order valence-corrected chi connectivity index (χ4v) is 4.90. The summed E-state index contributed by atoms with van der Waals surface area (Å²) < 4.78 is 28.8. The topological polar surface area (TPSA) is 98.5 Å². The number of primary sulfonamides is 1. The number of rotatable bonds is 9. The summed E-state index contributed by atoms with van der Waals surface area (Å²) in [4.78, 5) is 14.5. The highest BCUT2D eigenvalue weighted by Crippen LogP contribution is 2.36. The molecule has 0 atom stereocenters. The minimum Gasteiger partial charge on any atom is -0.487 e. The van der Waals surface area contributed by atoms with Crippen LogP contribution >= 0.6 is 11.3 Å². The van der Waals surface area contributed by atoms with Crippen LogP contribution in [-0.4, -0.2) is 20.9 Å². The third kappa shape index (κ3) is 6.11. The maximum Gasteiger partial charge on any atom is 0.265 e. The van der Waals surface area contributed by atoms with Crippen molar-refractivity contribution in [3.63, 3.8) is 0 Å². The number of hydrogen-bond donors (Lipinski definition) is 2. The molecule has 4 rings (SSSR count). The van der Waals surface area contributed by atoms with Gasteiger partial charge in [0.15, 0.2) is 0 Å². The molecule has 0 bridgehead atoms. The van der Waals surface area contributed by atoms with Gasteiger partial charge in [0, 0.05) is 11.4 Å². The Morgan fingerprint density at radius 3 is 2.18 bits per heavy atom. The minimum absolute atomic E-state index is 0.0625. The molecule has 0 unspecified atom stereocenters. The highest BCUT2D eigenvalue weighted by molar-refractivity contribution is 7.89. The molecule has 34 heavy (non-hydrogen) atoms. The molecule has 0 radical (unpaired) electrons. The van der Waals surface area contributed by atoms with E-state index in [4.69, 9.17) is 9.88 Å². The molecule has 1 heterocycles. The molecule has 3 N–H and O–H groups in total. The first-order valence-corrected chi connectivity index (χ1v) is 13.0. The zero-order chi connectivity index (χ0) is 24.0. The van der Waals surface area contributed by atoms with Crippen molar-refractivity contribution in [3.05, 3.63) is 107 Å². The summed E-state index contributed by atoms with van der Waals surface area (Å²) >= 11 is 1.39. The lowest BCUT2D eigenvalue weighted by Crippen LogP contribution is -2.25. The van der Waals surface area contributed by atoms with E-state index in [9.17, 15) is 13.2 Å². The number of hydrogen-bond acceptors (Lipinski definition) is 5. The van der Waals surface area contributed by atoms with Crippen molar-refractivity contribution in [2.75, 3.05) is 6.54 Å². The van der Waals surface area contributed by atoms with E-state index in [0.29, 0.717) is 30.2 Å². The van der Waals surface area contributed by atoms with E-state index >= 15 is 0 Å². The zero-order valence-electron chi connectivity index (χ0n) is 18.3. The molecular formula is C26H24N2O4S2. The number of ether oxygens (including phenoxy) is 1. The molecule has 6 nitrogen and oxygen atoms in total. The van der Waals surface area contributed by atoms with Gasteiger partial charge in [0.05, 0.1) is 4.90 Å². The highest BCUT2D eigenvalue weighted by Gasteiger charge is 2.19. The molecule has 4 aromatic rings. The number of nitrogens with two attached hydrogens (primary N) is 1. The summed E-state index contributed by atoms with van der Waals surface area (Å²) in [5.41, 5.74) is 2.93. The van der Waals surface area contributed by atoms with Crippen molar-refractivity contribution in [1.29, 1.82) is 0 Å². The molecule has 0 fully saturated rings. The van der Waals surface area contributed by atoms with E-state index in [2.05, 4.69) is 5.32 Å². The Balaban J connectivity index is 1.46. The van der Waals surface area contributed by atoms with Crippen LogP contribution in [0.4, 0.5) is 0 Å². The van der Waals surface area contributed by atoms with Gasteiger partial charge in [-0.25, -0.2) is 13.6 Å². The predicted octanol–water partition coefficient (Wildman–Crippen LogP) is 4.61. The fraction of sp³-hybridized carbons (Fsp3) is 0.115. The molecule has 3 aromatic carbocycles. The lowest BCUT2D eigenvalue weighted by molar-refractivity contribution is 0.0954. The maximum atomic E-state index is 13.0. The third-order valence-corrected chi connectivity index (χ3v) is 7.24. The van der Waals surface area contributed by atoms with Gasteiger partial charge in [-0.2, -0.15) is 0 Å². The van der Waals surface area contributed by atoms with Crippen molar-refractivity contribution in [2.24, 2.45) is 5.14 Å². The summed E-state index contributed by atoms with van der Waals surface area (Å²) in [6, 6.07) is 27.9. The summed E-state index contributed by atoms with van der Waals surface area (Å²) in [5, 5.41) is 8.08. The molecular weight excluding hydrogens is 468 g/mol. The van der Waals surface area contributed by atoms with Crippen LogP contribution in [-0.2, 0) is 23.1 Å². The van der Waals surface area contributed by atoms with E-state index in [-0.39, 0.29) is 10.8 Å². The van der Waals surface area contributed by atoms with Crippen LogP contribution in [0.5, 0.6) is 5.75 Å². The number of carbonyl (C=O) groups excluding carboxylic acids is 1. The summed E-state index contributed by atoms with van der Waals surface area (Å²) in [6.45, 7) is 0.757. The zero-order valence-corrected chi connectivity index (χ0v) is 19.9. The van der Waals surface area contributed by atoms with Crippen molar-refractivity contribution in [3.8, 4) is 16.2 Å². The number of amides is 1. The summed E-state index contributed by atoms with van der Waals surface area (Å²) in [6.07, 6.45) is 0.549. The first kappa shape index (κ1) is 23.7. The molecule has 0 saturated heterocycles. The van der Waals surface area contributed by atoms with Gasteiger partial charge in [-0.15, -0.1) is 11.3 Å². The molecule has 0 aliphatic rings. The van der Waals surface area contributed by atoms with Gasteiger partial charge >= 0.3 is 0 Å². The minimum atomic E-state index is -3.72. The van der Waals surface area contributed by atoms with Crippen LogP contribution in [0.15, 0.2) is 95.9 Å². The van der Waals surface area contributed by atoms with Crippen LogP contribution in [0.2, 0.25) is 0 Å². The average Bonchev–Trinajstić information content (AvgIpc) is 3.28. The maximum absolute atomic E-state index is 13.0. The van der Waals surface area contributed by atoms with Crippen LogP contribution in [0.3, 0.4) is 0 Å². The Hall–Kier alpha value is -3.46. The Morgan fingerprint density at radius 1 is 0.882 bits per heavy atom. The molecule has 1 amide bonds. The Labute approximate surface area is 203 Å². The van der Waals surface area contributed by atoms with Crippen molar-refractivity contribution < 1.29 is 17.9 Å². The largest absolute Gasteiger partial charge is 0.487 e. The number of benzene rings is 3. The van der Waals surface area contributed by atoms with Crippen molar-refractivity contribution in [2.45, 2.75) is 17.9 Å². The molecule has 0 aliphatic heterocycles. The quantitative estimate of drug-likeness (QED) is 0.356. The molecule has 1 aromatic heterocycles. The van der Waals surface area contributed by atoms with Crippen molar-refractivity contribution in [1.82, 2.24) is 5.32 Å². The number of nitrogens with one attached hydrogen (secondary N) is 1. The Bertz CT molecular complexity index is 1350. The number of carbonyl (C=O) groups is 1. The normalized spacial score (nSPS) is 11.2. The molecule has 0 spiro atoms. The average molecular weight is 493 g/mol. The predicted molar refractivity (Wildman–Crippen MR) is 134 cm³/mol. The molecule has 0 saturated carbocycles. The van der Waals surface area contributed by atoms with Gasteiger partial charge in [0.25, 0.3) is 5.91 Å². The van der Waals surface area contributed by atoms with Crippen LogP contribution in [0.25, 0.3) is 10.4 Å². The number of sulfonamides is 1. The Kier molecular flexibility index (Phi) is 7.42. The van der Waals surface area contributed by atoms with Gasteiger partial charge in [-0.1, -0.05) is 72.8 Å². The third-order valence-electron chi connectivity index (χ3n) is 5.15. The first-order chi connectivity index (χ1) is 16.4. The van der Waals surface area contributed by atoms with Gasteiger partial charge in [0.2, 0.25) is 10.0 Å². The standard InChI is InChI=1S/C26H24N2O4S2/c27-34(30,31)22-13-11-19(12-14-22)15-16-28-26(29)25-23(32-18-20-7-3-1-4-8-20)17-24(33-25)21-9-5-2-6-10-21/h1-14,17H,15-16,18H2,(H,28,29)(H2,27,30,31). The second kappa shape index (κ2) is 10.6. The van der Waals surface area contributed by atoms with Gasteiger partial charge in [-0.05, 0) is 41.3 Å². The van der Waals surface area contributed by atoms with E-state index in [1.165, 1.54) is 23.5 Å². The second-order valence-corrected chi connectivity index (χ2v) is 10.3. The fourth-order valence-electron chi connectivity index (χ4n) is 3.37. The summed E-state index contributed by atoms with van der Waals surface area (Å²) in [7, 11) is -3.72. The van der Waals surface area contributed by atoms with Crippen LogP contribution in [0.1, 0.15) is 20.8 Å². The lowest BCUT2D eigenvalue weighted by atomic mass is 10.1. The number of thiophene rings is 1. The smallest absolute Gasteiger partial charge is 0.265 e. The van der Waals surface area contributed by atoms with E-state index in [0.717, 1.165) is 21.6 Å². The summed E-state index contributed by atoms with van der Waals surface area (Å²) in [5.74, 6) is 0.333. The van der Waals surface area contributed by atoms with Gasteiger partial charge in [-0.3, -0.25) is 4.79 Å². The lowest BCUT2D eigenvalue weighted by Gasteiger charge is -2.08. The van der Waals surface area contributed by atoms with Crippen molar-refractivity contribution >= 4 is 27.3 Å². The van der Waals surface area contributed by atoms with Crippen LogP contribution in [0, 0.1) is 0 Å². The monoisotopic (exact) mass is 492 g/mol. The van der Waals surface area contributed by atoms with E-state index < -0.39 is 10.0 Å². The highest BCUT2D eigenvalue weighted by atomic mass is 32.2. The molecule has 174 valence electrons. The van der Waals surface area contributed by atoms with Gasteiger partial charge < -0.3 is 10.1 Å². The van der Waals surface area contributed by atoms with Gasteiger partial charge in [0.1, 0.15) is 17.2 Å². The second-order valence-electron chi connectivity index (χ2n) is 7.64. The SMILES string of the molecule is NS(=O)(=O)c1ccc(CCNC(=O)c2sc(-c3ccccc3)cc2OCc2ccccc2)cc1. The molecule has 8 heteroatoms. The Morgan fingerprint density at radius 2 is 1.53 bits per heavy atom. The first-order valence-electron chi connectivity index (χ1n) is 10.7. The molecule has 0 aliphatic carbocycles. The van der Waals surface area contributed by atoms with Crippen LogP contribution < -0.4 is 15.2 Å². The van der Waals surface area contributed by atoms with E-state index in [1.807, 2.05) is 66.7 Å².